The van der Waals surface area contributed by atoms with Gasteiger partial charge < -0.3 is 0 Å². The summed E-state index contributed by atoms with van der Waals surface area (Å²) in [5.41, 5.74) is 0.984. The van der Waals surface area contributed by atoms with Crippen molar-refractivity contribution in [3.05, 3.63) is 47.5 Å². The maximum absolute atomic E-state index is 11.9. The Bertz CT molecular complexity index is 410. The summed E-state index contributed by atoms with van der Waals surface area (Å²) >= 11 is 0. The second kappa shape index (κ2) is 5.52. The molecule has 1 amide bonds. The zero-order valence-corrected chi connectivity index (χ0v) is 9.21. The summed E-state index contributed by atoms with van der Waals surface area (Å²) in [5.74, 6) is -1.12. The second-order valence-electron chi connectivity index (χ2n) is 3.53. The van der Waals surface area contributed by atoms with Crippen LogP contribution in [0.25, 0.3) is 0 Å². The third-order valence-electron chi connectivity index (χ3n) is 2.10. The van der Waals surface area contributed by atoms with Gasteiger partial charge in [0.15, 0.2) is 0 Å². The molecule has 0 spiro atoms. The van der Waals surface area contributed by atoms with Crippen LogP contribution in [0.15, 0.2) is 42.0 Å². The Morgan fingerprint density at radius 1 is 1.29 bits per heavy atom. The number of halogens is 3. The summed E-state index contributed by atoms with van der Waals surface area (Å²) in [5, 5.41) is 0.948. The van der Waals surface area contributed by atoms with Crippen LogP contribution >= 0.6 is 0 Å². The Kier molecular flexibility index (Phi) is 4.31. The van der Waals surface area contributed by atoms with Crippen LogP contribution in [0.1, 0.15) is 12.5 Å². The molecule has 92 valence electrons. The quantitative estimate of drug-likeness (QED) is 0.642. The first-order valence-corrected chi connectivity index (χ1v) is 4.98. The molecule has 0 aromatic heterocycles. The Labute approximate surface area is 97.1 Å². The fourth-order valence-corrected chi connectivity index (χ4v) is 1.21. The SMILES string of the molecule is C/C(=C\Cc1ccccc1)C(=O)NC(F)(F)F. The average molecular weight is 243 g/mol. The Morgan fingerprint density at radius 3 is 2.41 bits per heavy atom. The van der Waals surface area contributed by atoms with Gasteiger partial charge in [-0.2, -0.15) is 13.2 Å². The standard InChI is InChI=1S/C12H12F3NO/c1-9(11(17)16-12(13,14)15)7-8-10-5-3-2-4-6-10/h2-7H,8H2,1H3,(H,16,17)/b9-7+. The van der Waals surface area contributed by atoms with E-state index in [0.29, 0.717) is 6.42 Å². The molecule has 0 fully saturated rings. The number of rotatable bonds is 3. The summed E-state index contributed by atoms with van der Waals surface area (Å²) in [6.07, 6.45) is -2.78. The maximum atomic E-state index is 11.9. The Morgan fingerprint density at radius 2 is 1.88 bits per heavy atom. The third kappa shape index (κ3) is 5.19. The van der Waals surface area contributed by atoms with E-state index in [9.17, 15) is 18.0 Å². The van der Waals surface area contributed by atoms with Gasteiger partial charge >= 0.3 is 6.30 Å². The molecular formula is C12H12F3NO. The van der Waals surface area contributed by atoms with Gasteiger partial charge in [0, 0.05) is 5.57 Å². The molecule has 0 heterocycles. The van der Waals surface area contributed by atoms with Crippen molar-refractivity contribution >= 4 is 5.91 Å². The van der Waals surface area contributed by atoms with Crippen LogP contribution < -0.4 is 5.32 Å². The van der Waals surface area contributed by atoms with Crippen LogP contribution in [0.2, 0.25) is 0 Å². The van der Waals surface area contributed by atoms with Crippen LogP contribution in [-0.4, -0.2) is 12.2 Å². The number of hydrogen-bond donors (Lipinski definition) is 1. The topological polar surface area (TPSA) is 29.1 Å². The third-order valence-corrected chi connectivity index (χ3v) is 2.10. The van der Waals surface area contributed by atoms with Gasteiger partial charge in [0.2, 0.25) is 0 Å². The highest BCUT2D eigenvalue weighted by Gasteiger charge is 2.30. The normalized spacial score (nSPS) is 12.4. The van der Waals surface area contributed by atoms with Crippen LogP contribution in [0.3, 0.4) is 0 Å². The lowest BCUT2D eigenvalue weighted by molar-refractivity contribution is -0.167. The van der Waals surface area contributed by atoms with Crippen molar-refractivity contribution in [3.8, 4) is 0 Å². The van der Waals surface area contributed by atoms with Gasteiger partial charge in [0.05, 0.1) is 0 Å². The van der Waals surface area contributed by atoms with E-state index in [1.807, 2.05) is 30.3 Å². The number of carbonyl (C=O) groups is 1. The molecule has 2 nitrogen and oxygen atoms in total. The second-order valence-corrected chi connectivity index (χ2v) is 3.53. The summed E-state index contributed by atoms with van der Waals surface area (Å²) in [6.45, 7) is 1.35. The number of hydrogen-bond acceptors (Lipinski definition) is 1. The van der Waals surface area contributed by atoms with Crippen LogP contribution in [0, 0.1) is 0 Å². The number of amides is 1. The lowest BCUT2D eigenvalue weighted by Gasteiger charge is -2.08. The van der Waals surface area contributed by atoms with E-state index < -0.39 is 12.2 Å². The zero-order chi connectivity index (χ0) is 12.9. The Hall–Kier alpha value is -1.78. The van der Waals surface area contributed by atoms with Gasteiger partial charge in [0.1, 0.15) is 0 Å². The lowest BCUT2D eigenvalue weighted by Crippen LogP contribution is -2.37. The number of nitrogens with one attached hydrogen (secondary N) is 1. The predicted octanol–water partition coefficient (Wildman–Crippen LogP) is 2.81. The van der Waals surface area contributed by atoms with Crippen molar-refractivity contribution in [3.63, 3.8) is 0 Å². The number of benzene rings is 1. The molecule has 1 aromatic carbocycles. The predicted molar refractivity (Wildman–Crippen MR) is 58.1 cm³/mol. The van der Waals surface area contributed by atoms with Gasteiger partial charge in [-0.25, -0.2) is 0 Å². The fourth-order valence-electron chi connectivity index (χ4n) is 1.21. The Balaban J connectivity index is 2.58. The van der Waals surface area contributed by atoms with Crippen molar-refractivity contribution in [1.82, 2.24) is 5.32 Å². The lowest BCUT2D eigenvalue weighted by atomic mass is 10.1. The molecule has 0 radical (unpaired) electrons. The van der Waals surface area contributed by atoms with Gasteiger partial charge in [-0.05, 0) is 18.9 Å². The van der Waals surface area contributed by atoms with Gasteiger partial charge in [-0.15, -0.1) is 0 Å². The molecular weight excluding hydrogens is 231 g/mol. The molecule has 0 unspecified atom stereocenters. The fraction of sp³-hybridized carbons (Fsp3) is 0.250. The molecule has 1 N–H and O–H groups in total. The molecule has 0 aliphatic heterocycles. The van der Waals surface area contributed by atoms with Crippen LogP contribution in [-0.2, 0) is 11.2 Å². The smallest absolute Gasteiger partial charge is 0.269 e. The van der Waals surface area contributed by atoms with E-state index in [0.717, 1.165) is 10.9 Å². The van der Waals surface area contributed by atoms with E-state index >= 15 is 0 Å². The molecule has 5 heteroatoms. The molecule has 0 aliphatic rings. The first kappa shape index (κ1) is 13.3. The monoisotopic (exact) mass is 243 g/mol. The summed E-state index contributed by atoms with van der Waals surface area (Å²) in [6, 6.07) is 9.18. The van der Waals surface area contributed by atoms with Crippen molar-refractivity contribution in [2.24, 2.45) is 0 Å². The molecule has 0 bridgehead atoms. The largest absolute Gasteiger partial charge is 0.484 e. The molecule has 0 aliphatic carbocycles. The molecule has 0 saturated heterocycles. The highest BCUT2D eigenvalue weighted by atomic mass is 19.4. The number of alkyl halides is 3. The van der Waals surface area contributed by atoms with Crippen LogP contribution in [0.5, 0.6) is 0 Å². The minimum absolute atomic E-state index is 0.0474. The number of carbonyl (C=O) groups excluding carboxylic acids is 1. The summed E-state index contributed by atoms with van der Waals surface area (Å²) in [7, 11) is 0. The first-order chi connectivity index (χ1) is 7.88. The highest BCUT2D eigenvalue weighted by Crippen LogP contribution is 2.11. The zero-order valence-electron chi connectivity index (χ0n) is 9.21. The van der Waals surface area contributed by atoms with Gasteiger partial charge in [-0.3, -0.25) is 10.1 Å². The van der Waals surface area contributed by atoms with Crippen molar-refractivity contribution < 1.29 is 18.0 Å². The van der Waals surface area contributed by atoms with E-state index in [2.05, 4.69) is 0 Å². The average Bonchev–Trinajstić information content (AvgIpc) is 2.25. The van der Waals surface area contributed by atoms with Crippen LogP contribution in [0.4, 0.5) is 13.2 Å². The molecule has 1 aromatic rings. The van der Waals surface area contributed by atoms with Gasteiger partial charge in [-0.1, -0.05) is 36.4 Å². The summed E-state index contributed by atoms with van der Waals surface area (Å²) < 4.78 is 35.6. The first-order valence-electron chi connectivity index (χ1n) is 4.98. The van der Waals surface area contributed by atoms with E-state index in [1.165, 1.54) is 13.0 Å². The minimum Gasteiger partial charge on any atom is -0.269 e. The molecule has 0 saturated carbocycles. The van der Waals surface area contributed by atoms with E-state index in [4.69, 9.17) is 0 Å². The van der Waals surface area contributed by atoms with Gasteiger partial charge in [0.25, 0.3) is 5.91 Å². The molecule has 17 heavy (non-hydrogen) atoms. The molecule has 0 atom stereocenters. The van der Waals surface area contributed by atoms with E-state index in [1.54, 1.807) is 0 Å². The maximum Gasteiger partial charge on any atom is 0.484 e. The van der Waals surface area contributed by atoms with Crippen molar-refractivity contribution in [1.29, 1.82) is 0 Å². The molecule has 1 rings (SSSR count). The summed E-state index contributed by atoms with van der Waals surface area (Å²) in [4.78, 5) is 11.1. The van der Waals surface area contributed by atoms with E-state index in [-0.39, 0.29) is 5.57 Å². The minimum atomic E-state index is -4.68. The number of allylic oxidation sites excluding steroid dienone is 1. The van der Waals surface area contributed by atoms with Crippen molar-refractivity contribution in [2.75, 3.05) is 0 Å². The highest BCUT2D eigenvalue weighted by molar-refractivity contribution is 5.92. The van der Waals surface area contributed by atoms with Crippen molar-refractivity contribution in [2.45, 2.75) is 19.6 Å².